The number of nitro benzene ring substituents is 1. The van der Waals surface area contributed by atoms with Gasteiger partial charge < -0.3 is 11.1 Å². The third-order valence-electron chi connectivity index (χ3n) is 3.29. The van der Waals surface area contributed by atoms with E-state index in [2.05, 4.69) is 5.32 Å². The van der Waals surface area contributed by atoms with Crippen LogP contribution in [0.5, 0.6) is 0 Å². The minimum Gasteiger partial charge on any atom is -0.366 e. The molecule has 0 bridgehead atoms. The molecule has 27 heavy (non-hydrogen) atoms. The largest absolute Gasteiger partial charge is 0.401 e. The van der Waals surface area contributed by atoms with Gasteiger partial charge in [-0.3, -0.25) is 24.6 Å². The number of nitrogens with zero attached hydrogens (tertiary/aromatic N) is 2. The zero-order valence-electron chi connectivity index (χ0n) is 14.4. The van der Waals surface area contributed by atoms with Crippen molar-refractivity contribution in [3.05, 3.63) is 33.9 Å². The standard InChI is InChI=1S/C15H19F3N4O4S/c1-21(9-15(16,17)18)6-2-5-20-13(23)8-27-12-4-3-10(14(19)24)7-11(12)22(25)26/h3-4,7H,2,5-6,8-9H2,1H3,(H2,19,24)(H,20,23). The molecule has 0 aliphatic heterocycles. The maximum atomic E-state index is 12.2. The number of primary amides is 1. The van der Waals surface area contributed by atoms with Crippen LogP contribution in [0.1, 0.15) is 16.8 Å². The first-order valence-electron chi connectivity index (χ1n) is 7.72. The van der Waals surface area contributed by atoms with E-state index < -0.39 is 29.5 Å². The molecule has 0 saturated heterocycles. The summed E-state index contributed by atoms with van der Waals surface area (Å²) in [5, 5.41) is 13.6. The number of halogens is 3. The third kappa shape index (κ3) is 8.73. The SMILES string of the molecule is CN(CCCNC(=O)CSc1ccc(C(N)=O)cc1[N+](=O)[O-])CC(F)(F)F. The van der Waals surface area contributed by atoms with Gasteiger partial charge in [-0.25, -0.2) is 0 Å². The number of nitrogens with two attached hydrogens (primary N) is 1. The van der Waals surface area contributed by atoms with Gasteiger partial charge in [0.15, 0.2) is 0 Å². The molecule has 3 N–H and O–H groups in total. The van der Waals surface area contributed by atoms with Crippen molar-refractivity contribution < 1.29 is 27.7 Å². The maximum absolute atomic E-state index is 12.2. The van der Waals surface area contributed by atoms with Gasteiger partial charge in [0.05, 0.1) is 22.1 Å². The van der Waals surface area contributed by atoms with E-state index in [1.54, 1.807) is 0 Å². The fraction of sp³-hybridized carbons (Fsp3) is 0.467. The lowest BCUT2D eigenvalue weighted by molar-refractivity contribution is -0.387. The van der Waals surface area contributed by atoms with E-state index in [0.717, 1.165) is 22.7 Å². The molecular formula is C15H19F3N4O4S. The highest BCUT2D eigenvalue weighted by Crippen LogP contribution is 2.29. The van der Waals surface area contributed by atoms with E-state index in [1.165, 1.54) is 19.2 Å². The summed E-state index contributed by atoms with van der Waals surface area (Å²) in [4.78, 5) is 34.6. The van der Waals surface area contributed by atoms with Crippen molar-refractivity contribution in [1.82, 2.24) is 10.2 Å². The zero-order valence-corrected chi connectivity index (χ0v) is 15.2. The van der Waals surface area contributed by atoms with Gasteiger partial charge in [-0.2, -0.15) is 13.2 Å². The Morgan fingerprint density at radius 1 is 1.37 bits per heavy atom. The van der Waals surface area contributed by atoms with Crippen LogP contribution in [-0.4, -0.2) is 60.2 Å². The molecule has 0 aliphatic rings. The smallest absolute Gasteiger partial charge is 0.366 e. The van der Waals surface area contributed by atoms with Crippen molar-refractivity contribution in [3.8, 4) is 0 Å². The van der Waals surface area contributed by atoms with Gasteiger partial charge in [0, 0.05) is 18.2 Å². The second kappa shape index (κ2) is 10.1. The summed E-state index contributed by atoms with van der Waals surface area (Å²) in [7, 11) is 1.33. The Bertz CT molecular complexity index is 700. The Labute approximate surface area is 157 Å². The molecule has 1 aromatic carbocycles. The van der Waals surface area contributed by atoms with Crippen molar-refractivity contribution in [1.29, 1.82) is 0 Å². The lowest BCUT2D eigenvalue weighted by Gasteiger charge is -2.18. The predicted molar refractivity (Wildman–Crippen MR) is 93.5 cm³/mol. The van der Waals surface area contributed by atoms with E-state index in [4.69, 9.17) is 5.73 Å². The normalized spacial score (nSPS) is 11.4. The molecule has 8 nitrogen and oxygen atoms in total. The Morgan fingerprint density at radius 3 is 2.59 bits per heavy atom. The minimum atomic E-state index is -4.27. The minimum absolute atomic E-state index is 0.0153. The van der Waals surface area contributed by atoms with Crippen LogP contribution in [0.4, 0.5) is 18.9 Å². The third-order valence-corrected chi connectivity index (χ3v) is 4.35. The molecular weight excluding hydrogens is 389 g/mol. The lowest BCUT2D eigenvalue weighted by Crippen LogP contribution is -2.34. The molecule has 0 radical (unpaired) electrons. The number of hydrogen-bond donors (Lipinski definition) is 2. The molecule has 1 rings (SSSR count). The van der Waals surface area contributed by atoms with Gasteiger partial charge in [0.2, 0.25) is 11.8 Å². The number of nitrogens with one attached hydrogen (secondary N) is 1. The summed E-state index contributed by atoms with van der Waals surface area (Å²) in [6, 6.07) is 3.70. The second-order valence-corrected chi connectivity index (χ2v) is 6.67. The van der Waals surface area contributed by atoms with Crippen molar-refractivity contribution in [2.24, 2.45) is 5.73 Å². The highest BCUT2D eigenvalue weighted by atomic mass is 32.2. The number of hydrogen-bond acceptors (Lipinski definition) is 6. The van der Waals surface area contributed by atoms with Crippen LogP contribution < -0.4 is 11.1 Å². The Morgan fingerprint density at radius 2 is 2.04 bits per heavy atom. The summed E-state index contributed by atoms with van der Waals surface area (Å²) in [6.45, 7) is -0.682. The molecule has 0 unspecified atom stereocenters. The molecule has 1 aromatic rings. The number of carbonyl (C=O) groups excluding carboxylic acids is 2. The van der Waals surface area contributed by atoms with E-state index >= 15 is 0 Å². The number of benzene rings is 1. The summed E-state index contributed by atoms with van der Waals surface area (Å²) in [5.74, 6) is -1.33. The Hall–Kier alpha value is -2.34. The Kier molecular flexibility index (Phi) is 8.50. The number of nitro groups is 1. The first kappa shape index (κ1) is 22.7. The molecule has 0 fully saturated rings. The lowest BCUT2D eigenvalue weighted by atomic mass is 10.2. The quantitative estimate of drug-likeness (QED) is 0.264. The first-order chi connectivity index (χ1) is 12.5. The number of carbonyl (C=O) groups is 2. The zero-order chi connectivity index (χ0) is 20.6. The van der Waals surface area contributed by atoms with Crippen molar-refractivity contribution in [3.63, 3.8) is 0 Å². The molecule has 0 aromatic heterocycles. The van der Waals surface area contributed by atoms with E-state index in [0.29, 0.717) is 6.42 Å². The van der Waals surface area contributed by atoms with Crippen molar-refractivity contribution >= 4 is 29.3 Å². The number of alkyl halides is 3. The molecule has 2 amide bonds. The van der Waals surface area contributed by atoms with Crippen LogP contribution in [0.2, 0.25) is 0 Å². The Balaban J connectivity index is 2.44. The van der Waals surface area contributed by atoms with Crippen molar-refractivity contribution in [2.75, 3.05) is 32.4 Å². The topological polar surface area (TPSA) is 119 Å². The summed E-state index contributed by atoms with van der Waals surface area (Å²) in [6.07, 6.45) is -3.94. The summed E-state index contributed by atoms with van der Waals surface area (Å²) >= 11 is 0.911. The second-order valence-electron chi connectivity index (χ2n) is 5.65. The molecule has 0 atom stereocenters. The van der Waals surface area contributed by atoms with Crippen LogP contribution in [0.15, 0.2) is 23.1 Å². The molecule has 0 heterocycles. The van der Waals surface area contributed by atoms with Gasteiger partial charge in [-0.05, 0) is 32.1 Å². The summed E-state index contributed by atoms with van der Waals surface area (Å²) in [5.41, 5.74) is 4.73. The first-order valence-corrected chi connectivity index (χ1v) is 8.71. The fourth-order valence-electron chi connectivity index (χ4n) is 2.09. The number of amides is 2. The van der Waals surface area contributed by atoms with Gasteiger partial charge in [0.1, 0.15) is 0 Å². The number of thioether (sulfide) groups is 1. The van der Waals surface area contributed by atoms with E-state index in [9.17, 15) is 32.9 Å². The predicted octanol–water partition coefficient (Wildman–Crippen LogP) is 1.79. The van der Waals surface area contributed by atoms with Crippen LogP contribution >= 0.6 is 11.8 Å². The van der Waals surface area contributed by atoms with Crippen LogP contribution in [-0.2, 0) is 4.79 Å². The average Bonchev–Trinajstić information content (AvgIpc) is 2.54. The van der Waals surface area contributed by atoms with Crippen molar-refractivity contribution in [2.45, 2.75) is 17.5 Å². The average molecular weight is 408 g/mol. The summed E-state index contributed by atoms with van der Waals surface area (Å²) < 4.78 is 36.5. The monoisotopic (exact) mass is 408 g/mol. The van der Waals surface area contributed by atoms with Crippen LogP contribution in [0.3, 0.4) is 0 Å². The molecule has 0 spiro atoms. The molecule has 150 valence electrons. The van der Waals surface area contributed by atoms with Crippen LogP contribution in [0.25, 0.3) is 0 Å². The molecule has 12 heteroatoms. The van der Waals surface area contributed by atoms with Crippen LogP contribution in [0, 0.1) is 10.1 Å². The van der Waals surface area contributed by atoms with E-state index in [1.807, 2.05) is 0 Å². The van der Waals surface area contributed by atoms with Gasteiger partial charge in [-0.1, -0.05) is 0 Å². The van der Waals surface area contributed by atoms with Gasteiger partial charge in [-0.15, -0.1) is 11.8 Å². The van der Waals surface area contributed by atoms with Gasteiger partial charge in [0.25, 0.3) is 5.69 Å². The molecule has 0 aliphatic carbocycles. The maximum Gasteiger partial charge on any atom is 0.401 e. The highest BCUT2D eigenvalue weighted by molar-refractivity contribution is 8.00. The fourth-order valence-corrected chi connectivity index (χ4v) is 2.93. The highest BCUT2D eigenvalue weighted by Gasteiger charge is 2.28. The van der Waals surface area contributed by atoms with E-state index in [-0.39, 0.29) is 35.0 Å². The van der Waals surface area contributed by atoms with Gasteiger partial charge >= 0.3 is 6.18 Å². The molecule has 0 saturated carbocycles. The number of rotatable bonds is 10.